The Kier molecular flexibility index (Phi) is 32.2. The van der Waals surface area contributed by atoms with Gasteiger partial charge >= 0.3 is 48.6 Å². The molecule has 0 aliphatic heterocycles. The van der Waals surface area contributed by atoms with Gasteiger partial charge in [0.15, 0.2) is 0 Å². The van der Waals surface area contributed by atoms with Crippen LogP contribution in [0.4, 0.5) is 52.7 Å². The van der Waals surface area contributed by atoms with E-state index in [1.54, 1.807) is 25.0 Å². The number of carboxylic acid groups (broad SMARTS) is 4. The highest BCUT2D eigenvalue weighted by atomic mass is 19.4. The second-order valence-electron chi connectivity index (χ2n) is 12.8. The zero-order valence-corrected chi connectivity index (χ0v) is 33.6. The smallest absolute Gasteiger partial charge is 0.475 e. The Hall–Kier alpha value is -5.68. The van der Waals surface area contributed by atoms with Crippen LogP contribution in [0, 0.1) is 0 Å². The first-order chi connectivity index (χ1) is 29.3. The lowest BCUT2D eigenvalue weighted by Crippen LogP contribution is -2.42. The maximum Gasteiger partial charge on any atom is 0.490 e. The van der Waals surface area contributed by atoms with Crippen LogP contribution >= 0.6 is 0 Å². The Morgan fingerprint density at radius 1 is 0.469 bits per heavy atom. The topological polar surface area (TPSA) is 317 Å². The number of amides is 2. The first-order valence-electron chi connectivity index (χ1n) is 18.5. The number of aromatic amines is 2. The number of carboxylic acids is 4. The Labute approximate surface area is 355 Å². The third kappa shape index (κ3) is 38.0. The normalized spacial score (nSPS) is 12.2. The summed E-state index contributed by atoms with van der Waals surface area (Å²) in [6.45, 7) is 1.38. The summed E-state index contributed by atoms with van der Waals surface area (Å²) in [4.78, 5) is 73.4. The van der Waals surface area contributed by atoms with Crippen LogP contribution in [-0.4, -0.2) is 126 Å². The first-order valence-corrected chi connectivity index (χ1v) is 18.5. The van der Waals surface area contributed by atoms with Crippen molar-refractivity contribution in [2.45, 2.75) is 127 Å². The fraction of sp³-hybridized carbons (Fsp3) is 0.647. The van der Waals surface area contributed by atoms with E-state index in [1.807, 2.05) is 0 Å². The number of aliphatic carboxylic acids is 4. The second kappa shape index (κ2) is 32.9. The predicted octanol–water partition coefficient (Wildman–Crippen LogP) is 5.02. The van der Waals surface area contributed by atoms with Crippen LogP contribution in [0.2, 0.25) is 0 Å². The van der Waals surface area contributed by atoms with Crippen LogP contribution in [0.15, 0.2) is 25.0 Å². The van der Waals surface area contributed by atoms with Gasteiger partial charge in [-0.3, -0.25) is 9.59 Å². The van der Waals surface area contributed by atoms with Gasteiger partial charge in [-0.15, -0.1) is 0 Å². The molecule has 0 aliphatic carbocycles. The van der Waals surface area contributed by atoms with Gasteiger partial charge in [-0.05, 0) is 12.8 Å². The molecule has 12 N–H and O–H groups in total. The van der Waals surface area contributed by atoms with Crippen molar-refractivity contribution in [1.82, 2.24) is 30.6 Å². The minimum absolute atomic E-state index is 0.0974. The van der Waals surface area contributed by atoms with Crippen LogP contribution in [-0.2, 0) is 41.6 Å². The number of carbonyl (C=O) groups excluding carboxylic acids is 2. The number of unbranched alkanes of at least 4 members (excludes halogenated alkanes) is 11. The number of H-pyrrole nitrogens is 2. The van der Waals surface area contributed by atoms with Crippen molar-refractivity contribution in [1.29, 1.82) is 0 Å². The summed E-state index contributed by atoms with van der Waals surface area (Å²) in [7, 11) is 0. The van der Waals surface area contributed by atoms with Crippen molar-refractivity contribution in [3.05, 3.63) is 36.4 Å². The van der Waals surface area contributed by atoms with E-state index in [0.717, 1.165) is 37.1 Å². The van der Waals surface area contributed by atoms with E-state index in [2.05, 4.69) is 30.6 Å². The van der Waals surface area contributed by atoms with Gasteiger partial charge in [0.1, 0.15) is 0 Å². The van der Waals surface area contributed by atoms with E-state index in [1.165, 1.54) is 51.4 Å². The van der Waals surface area contributed by atoms with Crippen LogP contribution < -0.4 is 22.1 Å². The zero-order valence-electron chi connectivity index (χ0n) is 33.6. The van der Waals surface area contributed by atoms with E-state index in [9.17, 15) is 62.3 Å². The SMILES string of the molecule is NC(Cc1cnc[nH]1)C(=O)NCCCCCCCCCCCCCCNC(=O)C(N)Cc1cnc[nH]1.O=C(O)C(F)(F)F.O=C(O)C(F)(F)F.O=C(O)C(F)(F)F.O=C(O)C(F)(F)F. The van der Waals surface area contributed by atoms with Gasteiger partial charge in [0.2, 0.25) is 11.8 Å². The zero-order chi connectivity index (χ0) is 50.2. The number of hydrogen-bond acceptors (Lipinski definition) is 10. The van der Waals surface area contributed by atoms with E-state index in [4.69, 9.17) is 51.1 Å². The molecular formula is C34H50F12N8O10. The third-order valence-electron chi connectivity index (χ3n) is 7.33. The van der Waals surface area contributed by atoms with Gasteiger partial charge in [-0.2, -0.15) is 52.7 Å². The van der Waals surface area contributed by atoms with E-state index in [-0.39, 0.29) is 11.8 Å². The summed E-state index contributed by atoms with van der Waals surface area (Å²) in [6, 6.07) is -1.07. The average molecular weight is 959 g/mol. The number of nitrogens with two attached hydrogens (primary N) is 2. The molecule has 2 amide bonds. The van der Waals surface area contributed by atoms with Crippen molar-refractivity contribution in [3.63, 3.8) is 0 Å². The quantitative estimate of drug-likeness (QED) is 0.0581. The van der Waals surface area contributed by atoms with E-state index in [0.29, 0.717) is 25.9 Å². The number of aromatic nitrogens is 4. The lowest BCUT2D eigenvalue weighted by atomic mass is 10.0. The molecule has 0 aliphatic rings. The molecule has 0 fully saturated rings. The van der Waals surface area contributed by atoms with Gasteiger partial charge in [0, 0.05) is 49.7 Å². The number of carbonyl (C=O) groups is 6. The van der Waals surface area contributed by atoms with Crippen molar-refractivity contribution < 1.29 is 102 Å². The molecule has 2 unspecified atom stereocenters. The summed E-state index contributed by atoms with van der Waals surface area (Å²) in [5.41, 5.74) is 13.6. The molecule has 2 rings (SSSR count). The standard InChI is InChI=1S/C26H46N8O2.4C2HF3O2/c27-23(15-21-17-29-19-33-21)25(35)31-13-11-9-7-5-3-1-2-4-6-8-10-12-14-32-26(36)24(28)16-22-18-30-20-34-22;4*3-2(4,5)1(6)7/h17-20,23-24H,1-16,27-28H2,(H,29,33)(H,30,34)(H,31,35)(H,32,36);4*(H,6,7). The van der Waals surface area contributed by atoms with Crippen LogP contribution in [0.1, 0.15) is 88.4 Å². The van der Waals surface area contributed by atoms with Crippen molar-refractivity contribution in [2.24, 2.45) is 11.5 Å². The van der Waals surface area contributed by atoms with Crippen molar-refractivity contribution in [3.8, 4) is 0 Å². The summed E-state index contributed by atoms with van der Waals surface area (Å²) in [5, 5.41) is 34.4. The Morgan fingerprint density at radius 3 is 0.844 bits per heavy atom. The van der Waals surface area contributed by atoms with Gasteiger partial charge in [0.05, 0.1) is 24.7 Å². The summed E-state index contributed by atoms with van der Waals surface area (Å²) in [6.07, 6.45) is 1.59. The van der Waals surface area contributed by atoms with Gasteiger partial charge < -0.3 is 52.5 Å². The molecule has 0 bridgehead atoms. The van der Waals surface area contributed by atoms with Crippen molar-refractivity contribution in [2.75, 3.05) is 13.1 Å². The summed E-state index contributed by atoms with van der Waals surface area (Å²) < 4.78 is 127. The maximum atomic E-state index is 12.0. The molecule has 2 atom stereocenters. The Balaban J connectivity index is -0.00000106. The fourth-order valence-corrected chi connectivity index (χ4v) is 4.16. The van der Waals surface area contributed by atoms with Gasteiger partial charge in [-0.1, -0.05) is 64.2 Å². The fourth-order valence-electron chi connectivity index (χ4n) is 4.16. The number of rotatable bonds is 21. The largest absolute Gasteiger partial charge is 0.490 e. The molecule has 2 aromatic heterocycles. The lowest BCUT2D eigenvalue weighted by molar-refractivity contribution is -0.193. The van der Waals surface area contributed by atoms with Crippen molar-refractivity contribution >= 4 is 35.7 Å². The predicted molar refractivity (Wildman–Crippen MR) is 197 cm³/mol. The average Bonchev–Trinajstić information content (AvgIpc) is 3.89. The molecule has 64 heavy (non-hydrogen) atoms. The van der Waals surface area contributed by atoms with Gasteiger partial charge in [-0.25, -0.2) is 29.1 Å². The second-order valence-corrected chi connectivity index (χ2v) is 12.8. The van der Waals surface area contributed by atoms with Crippen LogP contribution in [0.3, 0.4) is 0 Å². The molecule has 0 saturated carbocycles. The molecule has 0 spiro atoms. The minimum Gasteiger partial charge on any atom is -0.475 e. The highest BCUT2D eigenvalue weighted by molar-refractivity contribution is 5.82. The molecule has 370 valence electrons. The molecule has 2 aromatic rings. The van der Waals surface area contributed by atoms with Crippen LogP contribution in [0.25, 0.3) is 0 Å². The summed E-state index contributed by atoms with van der Waals surface area (Å²) >= 11 is 0. The van der Waals surface area contributed by atoms with Crippen LogP contribution in [0.5, 0.6) is 0 Å². The first kappa shape index (κ1) is 62.6. The number of alkyl halides is 12. The highest BCUT2D eigenvalue weighted by Crippen LogP contribution is 2.16. The van der Waals surface area contributed by atoms with Gasteiger partial charge in [0.25, 0.3) is 0 Å². The van der Waals surface area contributed by atoms with E-state index >= 15 is 0 Å². The molecule has 0 saturated heterocycles. The molecule has 30 heteroatoms. The number of nitrogens with one attached hydrogen (secondary N) is 4. The Morgan fingerprint density at radius 2 is 0.672 bits per heavy atom. The monoisotopic (exact) mass is 958 g/mol. The highest BCUT2D eigenvalue weighted by Gasteiger charge is 2.40. The number of hydrogen-bond donors (Lipinski definition) is 10. The molecule has 0 radical (unpaired) electrons. The number of nitrogens with zero attached hydrogens (tertiary/aromatic N) is 2. The van der Waals surface area contributed by atoms with E-state index < -0.39 is 60.7 Å². The molecule has 2 heterocycles. The number of imidazole rings is 2. The number of halogens is 12. The maximum absolute atomic E-state index is 12.0. The molecule has 18 nitrogen and oxygen atoms in total. The Bertz CT molecular complexity index is 1430. The molecular weight excluding hydrogens is 908 g/mol. The third-order valence-corrected chi connectivity index (χ3v) is 7.33. The molecule has 0 aromatic carbocycles. The lowest BCUT2D eigenvalue weighted by Gasteiger charge is -2.11. The summed E-state index contributed by atoms with van der Waals surface area (Å²) in [5.74, 6) is -11.2. The minimum atomic E-state index is -5.08.